The summed E-state index contributed by atoms with van der Waals surface area (Å²) in [7, 11) is 0. The maximum absolute atomic E-state index is 13.2. The number of fused-ring (bicyclic) bond motifs is 3. The SMILES string of the molecule is CC(=O)c1nc2ccccc2n([C@H]2C[C@H]3CC[C@@H](C2)N3C2C=CCCC2)c1=O. The van der Waals surface area contributed by atoms with Gasteiger partial charge in [0.2, 0.25) is 0 Å². The fourth-order valence-electron chi connectivity index (χ4n) is 5.73. The van der Waals surface area contributed by atoms with Crippen LogP contribution in [0.1, 0.15) is 68.4 Å². The maximum Gasteiger partial charge on any atom is 0.280 e. The molecule has 2 aliphatic heterocycles. The predicted molar refractivity (Wildman–Crippen MR) is 110 cm³/mol. The third kappa shape index (κ3) is 2.84. The zero-order valence-electron chi connectivity index (χ0n) is 16.4. The summed E-state index contributed by atoms with van der Waals surface area (Å²) in [5.41, 5.74) is 1.44. The summed E-state index contributed by atoms with van der Waals surface area (Å²) in [5, 5.41) is 0. The lowest BCUT2D eigenvalue weighted by molar-refractivity contribution is 0.0745. The van der Waals surface area contributed by atoms with E-state index in [0.29, 0.717) is 18.1 Å². The monoisotopic (exact) mass is 377 g/mol. The van der Waals surface area contributed by atoms with Gasteiger partial charge in [-0.25, -0.2) is 4.98 Å². The fourth-order valence-corrected chi connectivity index (χ4v) is 5.73. The fraction of sp³-hybridized carbons (Fsp3) is 0.522. The van der Waals surface area contributed by atoms with Crippen molar-refractivity contribution in [2.45, 2.75) is 76.0 Å². The van der Waals surface area contributed by atoms with Gasteiger partial charge in [-0.2, -0.15) is 0 Å². The van der Waals surface area contributed by atoms with Gasteiger partial charge in [-0.1, -0.05) is 24.3 Å². The van der Waals surface area contributed by atoms with Gasteiger partial charge in [-0.3, -0.25) is 14.5 Å². The molecule has 0 radical (unpaired) electrons. The van der Waals surface area contributed by atoms with Crippen LogP contribution in [-0.2, 0) is 0 Å². The van der Waals surface area contributed by atoms with Crippen molar-refractivity contribution in [2.75, 3.05) is 0 Å². The van der Waals surface area contributed by atoms with Crippen molar-refractivity contribution in [1.29, 1.82) is 0 Å². The van der Waals surface area contributed by atoms with Gasteiger partial charge in [0.05, 0.1) is 11.0 Å². The molecular formula is C23H27N3O2. The number of allylic oxidation sites excluding steroid dienone is 1. The highest BCUT2D eigenvalue weighted by atomic mass is 16.1. The minimum atomic E-state index is -0.253. The normalized spacial score (nSPS) is 30.0. The Hall–Kier alpha value is -2.27. The van der Waals surface area contributed by atoms with Crippen molar-refractivity contribution in [3.05, 3.63) is 52.5 Å². The zero-order valence-corrected chi connectivity index (χ0v) is 16.4. The Morgan fingerprint density at radius 3 is 2.50 bits per heavy atom. The van der Waals surface area contributed by atoms with Crippen molar-refractivity contribution in [3.8, 4) is 0 Å². The Balaban J connectivity index is 1.55. The van der Waals surface area contributed by atoms with Crippen LogP contribution >= 0.6 is 0 Å². The maximum atomic E-state index is 13.2. The van der Waals surface area contributed by atoms with Gasteiger partial charge in [0, 0.05) is 31.1 Å². The van der Waals surface area contributed by atoms with E-state index in [-0.39, 0.29) is 23.1 Å². The van der Waals surface area contributed by atoms with Gasteiger partial charge in [-0.15, -0.1) is 0 Å². The molecule has 2 saturated heterocycles. The summed E-state index contributed by atoms with van der Waals surface area (Å²) in [6.45, 7) is 1.44. The molecule has 2 bridgehead atoms. The quantitative estimate of drug-likeness (QED) is 0.602. The molecule has 5 nitrogen and oxygen atoms in total. The van der Waals surface area contributed by atoms with Gasteiger partial charge in [0.25, 0.3) is 5.56 Å². The number of hydrogen-bond acceptors (Lipinski definition) is 4. The van der Waals surface area contributed by atoms with E-state index in [9.17, 15) is 9.59 Å². The van der Waals surface area contributed by atoms with Crippen molar-refractivity contribution in [3.63, 3.8) is 0 Å². The van der Waals surface area contributed by atoms with Gasteiger partial charge >= 0.3 is 0 Å². The van der Waals surface area contributed by atoms with Crippen LogP contribution in [0.25, 0.3) is 11.0 Å². The summed E-state index contributed by atoms with van der Waals surface area (Å²) in [4.78, 5) is 32.3. The molecule has 1 aliphatic carbocycles. The van der Waals surface area contributed by atoms with Crippen LogP contribution in [0.5, 0.6) is 0 Å². The standard InChI is InChI=1S/C23H27N3O2/c1-15(27)22-23(28)26(21-10-6-5-9-20(21)24-22)19-13-17-11-12-18(14-19)25(17)16-7-3-2-4-8-16/h3,5-7,9-10,16-19H,2,4,8,11-14H2,1H3/t16?,17-,18+,19+. The minimum absolute atomic E-state index is 0.0729. The molecule has 1 aromatic heterocycles. The third-order valence-electron chi connectivity index (χ3n) is 6.87. The number of piperidine rings is 1. The second-order valence-corrected chi connectivity index (χ2v) is 8.56. The van der Waals surface area contributed by atoms with Crippen LogP contribution in [0.15, 0.2) is 41.2 Å². The van der Waals surface area contributed by atoms with E-state index in [2.05, 4.69) is 22.0 Å². The number of aromatic nitrogens is 2. The molecule has 5 heteroatoms. The average molecular weight is 377 g/mol. The molecule has 28 heavy (non-hydrogen) atoms. The average Bonchev–Trinajstić information content (AvgIpc) is 2.98. The van der Waals surface area contributed by atoms with Gasteiger partial charge in [-0.05, 0) is 57.1 Å². The molecular weight excluding hydrogens is 350 g/mol. The number of ketones is 1. The lowest BCUT2D eigenvalue weighted by atomic mass is 9.91. The van der Waals surface area contributed by atoms with E-state index in [0.717, 1.165) is 23.9 Å². The number of carbonyl (C=O) groups is 1. The van der Waals surface area contributed by atoms with Gasteiger partial charge in [0.1, 0.15) is 0 Å². The first-order chi connectivity index (χ1) is 13.6. The van der Waals surface area contributed by atoms with Gasteiger partial charge < -0.3 is 4.57 Å². The van der Waals surface area contributed by atoms with E-state index < -0.39 is 0 Å². The lowest BCUT2D eigenvalue weighted by Gasteiger charge is -2.44. The van der Waals surface area contributed by atoms with Crippen LogP contribution in [0.3, 0.4) is 0 Å². The van der Waals surface area contributed by atoms with Crippen molar-refractivity contribution in [1.82, 2.24) is 14.5 Å². The van der Waals surface area contributed by atoms with Crippen LogP contribution < -0.4 is 5.56 Å². The van der Waals surface area contributed by atoms with E-state index in [1.54, 1.807) is 0 Å². The highest BCUT2D eigenvalue weighted by Crippen LogP contribution is 2.43. The first kappa shape index (κ1) is 17.8. The summed E-state index contributed by atoms with van der Waals surface area (Å²) in [6.07, 6.45) is 12.8. The van der Waals surface area contributed by atoms with E-state index in [1.165, 1.54) is 39.0 Å². The van der Waals surface area contributed by atoms with Crippen molar-refractivity contribution < 1.29 is 4.79 Å². The van der Waals surface area contributed by atoms with Crippen LogP contribution in [-0.4, -0.2) is 38.4 Å². The van der Waals surface area contributed by atoms with E-state index in [4.69, 9.17) is 0 Å². The molecule has 146 valence electrons. The Kier molecular flexibility index (Phi) is 4.43. The number of rotatable bonds is 3. The van der Waals surface area contributed by atoms with Gasteiger partial charge in [0.15, 0.2) is 11.5 Å². The Labute approximate surface area is 165 Å². The summed E-state index contributed by atoms with van der Waals surface area (Å²) in [6, 6.07) is 9.47. The second-order valence-electron chi connectivity index (χ2n) is 8.56. The summed E-state index contributed by atoms with van der Waals surface area (Å²) < 4.78 is 1.89. The highest BCUT2D eigenvalue weighted by molar-refractivity contribution is 5.93. The molecule has 2 fully saturated rings. The van der Waals surface area contributed by atoms with Crippen molar-refractivity contribution in [2.24, 2.45) is 0 Å². The number of para-hydroxylation sites is 2. The number of carbonyl (C=O) groups excluding carboxylic acids is 1. The number of nitrogens with zero attached hydrogens (tertiary/aromatic N) is 3. The third-order valence-corrected chi connectivity index (χ3v) is 6.87. The Morgan fingerprint density at radius 1 is 1.07 bits per heavy atom. The molecule has 3 aliphatic rings. The molecule has 2 aromatic rings. The Morgan fingerprint density at radius 2 is 1.82 bits per heavy atom. The molecule has 1 aromatic carbocycles. The summed E-state index contributed by atoms with van der Waals surface area (Å²) in [5.74, 6) is -0.253. The predicted octanol–water partition coefficient (Wildman–Crippen LogP) is 3.88. The molecule has 0 spiro atoms. The molecule has 0 amide bonds. The van der Waals surface area contributed by atoms with Crippen LogP contribution in [0.2, 0.25) is 0 Å². The molecule has 0 N–H and O–H groups in total. The highest BCUT2D eigenvalue weighted by Gasteiger charge is 2.44. The first-order valence-corrected chi connectivity index (χ1v) is 10.6. The number of benzene rings is 1. The second kappa shape index (κ2) is 6.96. The number of Topliss-reactive ketones (excluding diaryl/α,β-unsaturated/α-hetero) is 1. The lowest BCUT2D eigenvalue weighted by Crippen LogP contribution is -2.50. The van der Waals surface area contributed by atoms with E-state index >= 15 is 0 Å². The minimum Gasteiger partial charge on any atom is -0.302 e. The first-order valence-electron chi connectivity index (χ1n) is 10.6. The molecule has 1 unspecified atom stereocenters. The molecule has 0 saturated carbocycles. The van der Waals surface area contributed by atoms with Crippen molar-refractivity contribution >= 4 is 16.8 Å². The van der Waals surface area contributed by atoms with Crippen LogP contribution in [0, 0.1) is 0 Å². The number of hydrogen-bond donors (Lipinski definition) is 0. The van der Waals surface area contributed by atoms with Crippen LogP contribution in [0.4, 0.5) is 0 Å². The zero-order chi connectivity index (χ0) is 19.3. The Bertz CT molecular complexity index is 995. The molecule has 3 heterocycles. The summed E-state index contributed by atoms with van der Waals surface area (Å²) >= 11 is 0. The molecule has 4 atom stereocenters. The topological polar surface area (TPSA) is 55.2 Å². The largest absolute Gasteiger partial charge is 0.302 e. The smallest absolute Gasteiger partial charge is 0.280 e. The molecule has 5 rings (SSSR count). The van der Waals surface area contributed by atoms with E-state index in [1.807, 2.05) is 28.8 Å².